The van der Waals surface area contributed by atoms with Gasteiger partial charge in [0.25, 0.3) is 0 Å². The first-order chi connectivity index (χ1) is 9.09. The Balaban J connectivity index is 0.000000200. The smallest absolute Gasteiger partial charge is 0.245 e. The summed E-state index contributed by atoms with van der Waals surface area (Å²) in [6.07, 6.45) is 7.41. The first-order valence-electron chi connectivity index (χ1n) is 6.21. The number of rotatable bonds is 3. The second-order valence-corrected chi connectivity index (χ2v) is 5.08. The van der Waals surface area contributed by atoms with Crippen molar-refractivity contribution in [1.29, 1.82) is 0 Å². The van der Waals surface area contributed by atoms with E-state index in [1.807, 2.05) is 30.3 Å². The van der Waals surface area contributed by atoms with E-state index in [9.17, 15) is 9.59 Å². The molecule has 1 fully saturated rings. The third-order valence-corrected chi connectivity index (χ3v) is 3.32. The summed E-state index contributed by atoms with van der Waals surface area (Å²) < 4.78 is 0. The number of halogens is 2. The molecule has 1 saturated carbocycles. The van der Waals surface area contributed by atoms with Crippen LogP contribution in [0.15, 0.2) is 36.4 Å². The van der Waals surface area contributed by atoms with Gasteiger partial charge in [0.1, 0.15) is 0 Å². The lowest BCUT2D eigenvalue weighted by atomic mass is 10.1. The molecule has 0 bridgehead atoms. The number of hydrogen-bond donors (Lipinski definition) is 0. The number of hydrogen-bond acceptors (Lipinski definition) is 2. The minimum absolute atomic E-state index is 0.137. The Labute approximate surface area is 123 Å². The van der Waals surface area contributed by atoms with Crippen molar-refractivity contribution < 1.29 is 9.59 Å². The maximum absolute atomic E-state index is 10.4. The zero-order valence-electron chi connectivity index (χ0n) is 10.5. The Kier molecular flexibility index (Phi) is 7.46. The normalized spacial score (nSPS) is 15.1. The molecule has 0 radical (unpaired) electrons. The second-order valence-electron chi connectivity index (χ2n) is 4.33. The molecule has 1 aromatic rings. The molecule has 0 saturated heterocycles. The van der Waals surface area contributed by atoms with Crippen LogP contribution in [0.5, 0.6) is 0 Å². The molecule has 0 spiro atoms. The van der Waals surface area contributed by atoms with Gasteiger partial charge in [0.05, 0.1) is 0 Å². The van der Waals surface area contributed by atoms with Crippen LogP contribution in [0.3, 0.4) is 0 Å². The summed E-state index contributed by atoms with van der Waals surface area (Å²) in [6.45, 7) is 0. The molecule has 102 valence electrons. The van der Waals surface area contributed by atoms with E-state index in [4.69, 9.17) is 23.2 Å². The lowest BCUT2D eigenvalue weighted by Crippen LogP contribution is -2.01. The fraction of sp³-hybridized carbons (Fsp3) is 0.333. The van der Waals surface area contributed by atoms with Crippen molar-refractivity contribution in [3.63, 3.8) is 0 Å². The third kappa shape index (κ3) is 7.14. The highest BCUT2D eigenvalue weighted by Crippen LogP contribution is 2.26. The highest BCUT2D eigenvalue weighted by atomic mass is 35.5. The van der Waals surface area contributed by atoms with Crippen molar-refractivity contribution in [3.8, 4) is 0 Å². The fourth-order valence-electron chi connectivity index (χ4n) is 1.88. The van der Waals surface area contributed by atoms with Gasteiger partial charge in [-0.15, -0.1) is 0 Å². The van der Waals surface area contributed by atoms with Gasteiger partial charge in [-0.05, 0) is 47.7 Å². The topological polar surface area (TPSA) is 34.1 Å². The van der Waals surface area contributed by atoms with E-state index in [1.165, 1.54) is 18.9 Å². The molecule has 0 aromatic heterocycles. The first-order valence-corrected chi connectivity index (χ1v) is 6.97. The van der Waals surface area contributed by atoms with Crippen molar-refractivity contribution >= 4 is 39.8 Å². The van der Waals surface area contributed by atoms with Crippen molar-refractivity contribution in [2.75, 3.05) is 0 Å². The molecule has 0 N–H and O–H groups in total. The largest absolute Gasteiger partial charge is 0.281 e. The summed E-state index contributed by atoms with van der Waals surface area (Å²) in [7, 11) is 0. The summed E-state index contributed by atoms with van der Waals surface area (Å²) in [5.41, 5.74) is 0.974. The van der Waals surface area contributed by atoms with Crippen molar-refractivity contribution in [2.45, 2.75) is 25.7 Å². The van der Waals surface area contributed by atoms with Crippen LogP contribution < -0.4 is 0 Å². The van der Waals surface area contributed by atoms with Gasteiger partial charge >= 0.3 is 0 Å². The Morgan fingerprint density at radius 2 is 1.63 bits per heavy atom. The predicted molar refractivity (Wildman–Crippen MR) is 79.2 cm³/mol. The molecule has 2 rings (SSSR count). The molecule has 1 aliphatic rings. The highest BCUT2D eigenvalue weighted by Gasteiger charge is 2.20. The van der Waals surface area contributed by atoms with E-state index in [0.29, 0.717) is 0 Å². The third-order valence-electron chi connectivity index (χ3n) is 2.88. The number of benzene rings is 1. The van der Waals surface area contributed by atoms with Gasteiger partial charge < -0.3 is 0 Å². The molecule has 19 heavy (non-hydrogen) atoms. The monoisotopic (exact) mass is 298 g/mol. The zero-order chi connectivity index (χ0) is 14.1. The zero-order valence-corrected chi connectivity index (χ0v) is 12.0. The van der Waals surface area contributed by atoms with E-state index in [0.717, 1.165) is 18.4 Å². The van der Waals surface area contributed by atoms with Gasteiger partial charge in [-0.3, -0.25) is 9.59 Å². The summed E-state index contributed by atoms with van der Waals surface area (Å²) >= 11 is 10.3. The molecule has 1 aromatic carbocycles. The van der Waals surface area contributed by atoms with E-state index < -0.39 is 5.24 Å². The van der Waals surface area contributed by atoms with E-state index >= 15 is 0 Å². The predicted octanol–water partition coefficient (Wildman–Crippen LogP) is 4.41. The minimum atomic E-state index is -0.450. The average Bonchev–Trinajstić information content (AvgIpc) is 2.92. The number of allylic oxidation sites excluding steroid dienone is 1. The van der Waals surface area contributed by atoms with Crippen LogP contribution in [0, 0.1) is 5.92 Å². The molecule has 0 atom stereocenters. The Bertz CT molecular complexity index is 435. The average molecular weight is 299 g/mol. The summed E-state index contributed by atoms with van der Waals surface area (Å²) in [6, 6.07) is 9.52. The lowest BCUT2D eigenvalue weighted by Gasteiger charge is -1.96. The van der Waals surface area contributed by atoms with Crippen LogP contribution >= 0.6 is 23.2 Å². The molecule has 0 unspecified atom stereocenters. The maximum atomic E-state index is 10.4. The fourth-order valence-corrected chi connectivity index (χ4v) is 2.16. The molecule has 4 heteroatoms. The Morgan fingerprint density at radius 1 is 1.05 bits per heavy atom. The Hall–Kier alpha value is -1.12. The van der Waals surface area contributed by atoms with Gasteiger partial charge in [0.2, 0.25) is 10.5 Å². The van der Waals surface area contributed by atoms with Crippen LogP contribution in [-0.4, -0.2) is 10.5 Å². The van der Waals surface area contributed by atoms with Gasteiger partial charge in [0, 0.05) is 5.92 Å². The maximum Gasteiger partial charge on any atom is 0.245 e. The molecule has 1 aliphatic carbocycles. The van der Waals surface area contributed by atoms with E-state index in [2.05, 4.69) is 0 Å². The summed E-state index contributed by atoms with van der Waals surface area (Å²) in [4.78, 5) is 20.7. The molecular weight excluding hydrogens is 283 g/mol. The highest BCUT2D eigenvalue weighted by molar-refractivity contribution is 6.66. The molecular formula is C15H16Cl2O2. The molecule has 0 aliphatic heterocycles. The van der Waals surface area contributed by atoms with Gasteiger partial charge in [-0.2, -0.15) is 0 Å². The van der Waals surface area contributed by atoms with Crippen LogP contribution in [0.4, 0.5) is 0 Å². The van der Waals surface area contributed by atoms with Crippen molar-refractivity contribution in [1.82, 2.24) is 0 Å². The standard InChI is InChI=1S/C9H7ClO.C6H9ClO/c10-9(11)7-6-8-4-2-1-3-5-8;7-6(8)5-3-1-2-4-5/h1-7H;5H,1-4H2/b7-6+;. The Morgan fingerprint density at radius 3 is 2.05 bits per heavy atom. The van der Waals surface area contributed by atoms with Gasteiger partial charge in [-0.25, -0.2) is 0 Å². The summed E-state index contributed by atoms with van der Waals surface area (Å²) in [5, 5.41) is -0.587. The van der Waals surface area contributed by atoms with Crippen LogP contribution in [0.25, 0.3) is 6.08 Å². The SMILES string of the molecule is O=C(Cl)/C=C/c1ccccc1.O=C(Cl)C1CCCC1. The minimum Gasteiger partial charge on any atom is -0.281 e. The second kappa shape index (κ2) is 8.89. The van der Waals surface area contributed by atoms with Crippen molar-refractivity contribution in [3.05, 3.63) is 42.0 Å². The van der Waals surface area contributed by atoms with Crippen LogP contribution in [-0.2, 0) is 9.59 Å². The number of carbonyl (C=O) groups is 2. The molecule has 2 nitrogen and oxygen atoms in total. The van der Waals surface area contributed by atoms with Crippen LogP contribution in [0.1, 0.15) is 31.2 Å². The van der Waals surface area contributed by atoms with Crippen LogP contribution in [0.2, 0.25) is 0 Å². The number of carbonyl (C=O) groups excluding carboxylic acids is 2. The first kappa shape index (κ1) is 15.9. The molecule has 0 amide bonds. The van der Waals surface area contributed by atoms with Crippen molar-refractivity contribution in [2.24, 2.45) is 5.92 Å². The van der Waals surface area contributed by atoms with Gasteiger partial charge in [0.15, 0.2) is 0 Å². The lowest BCUT2D eigenvalue weighted by molar-refractivity contribution is -0.115. The molecule has 0 heterocycles. The van der Waals surface area contributed by atoms with Gasteiger partial charge in [-0.1, -0.05) is 49.2 Å². The summed E-state index contributed by atoms with van der Waals surface area (Å²) in [5.74, 6) is 0.191. The van der Waals surface area contributed by atoms with E-state index in [1.54, 1.807) is 6.08 Å². The van der Waals surface area contributed by atoms with E-state index in [-0.39, 0.29) is 11.2 Å². The quantitative estimate of drug-likeness (QED) is 0.612.